The van der Waals surface area contributed by atoms with E-state index in [9.17, 15) is 18.9 Å². The van der Waals surface area contributed by atoms with E-state index in [0.29, 0.717) is 5.69 Å². The SMILES string of the molecule is COc1cc([N+](=O)[O-])ccc1NCc1ccc(F)cc1F. The number of ether oxygens (including phenoxy) is 1. The normalized spacial score (nSPS) is 10.2. The van der Waals surface area contributed by atoms with Crippen LogP contribution in [0.15, 0.2) is 36.4 Å². The lowest BCUT2D eigenvalue weighted by Crippen LogP contribution is -2.04. The number of non-ortho nitro benzene ring substituents is 1. The molecule has 1 N–H and O–H groups in total. The molecule has 0 heterocycles. The predicted molar refractivity (Wildman–Crippen MR) is 73.3 cm³/mol. The van der Waals surface area contributed by atoms with Crippen molar-refractivity contribution >= 4 is 11.4 Å². The Morgan fingerprint density at radius 2 is 2.00 bits per heavy atom. The number of nitrogens with one attached hydrogen (secondary N) is 1. The molecule has 5 nitrogen and oxygen atoms in total. The van der Waals surface area contributed by atoms with E-state index in [0.717, 1.165) is 12.1 Å². The average Bonchev–Trinajstić information content (AvgIpc) is 2.46. The molecule has 0 radical (unpaired) electrons. The average molecular weight is 294 g/mol. The van der Waals surface area contributed by atoms with E-state index in [2.05, 4.69) is 5.32 Å². The number of hydrogen-bond donors (Lipinski definition) is 1. The number of hydrogen-bond acceptors (Lipinski definition) is 4. The Hall–Kier alpha value is -2.70. The van der Waals surface area contributed by atoms with Gasteiger partial charge in [-0.2, -0.15) is 0 Å². The van der Waals surface area contributed by atoms with Gasteiger partial charge in [-0.05, 0) is 12.1 Å². The number of anilines is 1. The van der Waals surface area contributed by atoms with Gasteiger partial charge in [0.25, 0.3) is 5.69 Å². The lowest BCUT2D eigenvalue weighted by molar-refractivity contribution is -0.384. The van der Waals surface area contributed by atoms with Gasteiger partial charge in [0.1, 0.15) is 17.4 Å². The third-order valence-electron chi connectivity index (χ3n) is 2.88. The van der Waals surface area contributed by atoms with Crippen LogP contribution in [0.1, 0.15) is 5.56 Å². The summed E-state index contributed by atoms with van der Waals surface area (Å²) in [6, 6.07) is 7.33. The highest BCUT2D eigenvalue weighted by atomic mass is 19.1. The van der Waals surface area contributed by atoms with Crippen molar-refractivity contribution in [1.82, 2.24) is 0 Å². The van der Waals surface area contributed by atoms with Crippen molar-refractivity contribution in [2.24, 2.45) is 0 Å². The maximum absolute atomic E-state index is 13.5. The van der Waals surface area contributed by atoms with Gasteiger partial charge in [-0.25, -0.2) is 8.78 Å². The Bertz CT molecular complexity index is 677. The van der Waals surface area contributed by atoms with Crippen LogP contribution in [0.25, 0.3) is 0 Å². The van der Waals surface area contributed by atoms with Gasteiger partial charge in [-0.3, -0.25) is 10.1 Å². The van der Waals surface area contributed by atoms with Gasteiger partial charge >= 0.3 is 0 Å². The lowest BCUT2D eigenvalue weighted by Gasteiger charge is -2.11. The first-order valence-corrected chi connectivity index (χ1v) is 6.01. The summed E-state index contributed by atoms with van der Waals surface area (Å²) in [6.45, 7) is 0.0975. The summed E-state index contributed by atoms with van der Waals surface area (Å²) in [7, 11) is 1.38. The molecule has 7 heteroatoms. The molecule has 2 aromatic carbocycles. The van der Waals surface area contributed by atoms with Crippen LogP contribution in [0.5, 0.6) is 5.75 Å². The maximum Gasteiger partial charge on any atom is 0.273 e. The van der Waals surface area contributed by atoms with Crippen LogP contribution >= 0.6 is 0 Å². The number of nitrogens with zero attached hydrogens (tertiary/aromatic N) is 1. The van der Waals surface area contributed by atoms with Crippen LogP contribution < -0.4 is 10.1 Å². The van der Waals surface area contributed by atoms with E-state index in [1.54, 1.807) is 0 Å². The number of nitro groups is 1. The van der Waals surface area contributed by atoms with Crippen LogP contribution in [0.2, 0.25) is 0 Å². The molecule has 2 rings (SSSR count). The van der Waals surface area contributed by atoms with Crippen LogP contribution in [0, 0.1) is 21.7 Å². The molecule has 2 aromatic rings. The molecule has 0 saturated carbocycles. The second-order valence-corrected chi connectivity index (χ2v) is 4.23. The minimum Gasteiger partial charge on any atom is -0.494 e. The van der Waals surface area contributed by atoms with Crippen LogP contribution in [-0.4, -0.2) is 12.0 Å². The van der Waals surface area contributed by atoms with Crippen molar-refractivity contribution in [1.29, 1.82) is 0 Å². The first-order valence-electron chi connectivity index (χ1n) is 6.01. The summed E-state index contributed by atoms with van der Waals surface area (Å²) in [6.07, 6.45) is 0. The molecule has 0 unspecified atom stereocenters. The van der Waals surface area contributed by atoms with Crippen molar-refractivity contribution in [2.45, 2.75) is 6.54 Å². The Morgan fingerprint density at radius 3 is 2.62 bits per heavy atom. The minimum absolute atomic E-state index is 0.0975. The smallest absolute Gasteiger partial charge is 0.273 e. The Kier molecular flexibility index (Phi) is 4.32. The third-order valence-corrected chi connectivity index (χ3v) is 2.88. The molecule has 110 valence electrons. The molecule has 0 aliphatic heterocycles. The second-order valence-electron chi connectivity index (χ2n) is 4.23. The first-order chi connectivity index (χ1) is 10.0. The predicted octanol–water partition coefficient (Wildman–Crippen LogP) is 3.49. The van der Waals surface area contributed by atoms with E-state index >= 15 is 0 Å². The molecular weight excluding hydrogens is 282 g/mol. The number of methoxy groups -OCH3 is 1. The minimum atomic E-state index is -0.664. The highest BCUT2D eigenvalue weighted by molar-refractivity contribution is 5.60. The molecule has 0 fully saturated rings. The molecule has 21 heavy (non-hydrogen) atoms. The quantitative estimate of drug-likeness (QED) is 0.677. The summed E-state index contributed by atoms with van der Waals surface area (Å²) in [5, 5.41) is 13.6. The highest BCUT2D eigenvalue weighted by Crippen LogP contribution is 2.29. The van der Waals surface area contributed by atoms with Gasteiger partial charge in [-0.15, -0.1) is 0 Å². The summed E-state index contributed by atoms with van der Waals surface area (Å²) in [4.78, 5) is 10.1. The second kappa shape index (κ2) is 6.17. The van der Waals surface area contributed by atoms with E-state index in [1.807, 2.05) is 0 Å². The van der Waals surface area contributed by atoms with Crippen LogP contribution in [-0.2, 0) is 6.54 Å². The summed E-state index contributed by atoms with van der Waals surface area (Å²) >= 11 is 0. The van der Waals surface area contributed by atoms with Gasteiger partial charge < -0.3 is 10.1 Å². The largest absolute Gasteiger partial charge is 0.494 e. The topological polar surface area (TPSA) is 64.4 Å². The fourth-order valence-electron chi connectivity index (χ4n) is 1.80. The molecule has 0 aliphatic rings. The van der Waals surface area contributed by atoms with Crippen molar-refractivity contribution < 1.29 is 18.4 Å². The zero-order chi connectivity index (χ0) is 15.4. The number of rotatable bonds is 5. The number of nitro benzene ring substituents is 1. The van der Waals surface area contributed by atoms with Gasteiger partial charge in [0.05, 0.1) is 23.8 Å². The van der Waals surface area contributed by atoms with Crippen LogP contribution in [0.4, 0.5) is 20.2 Å². The number of halogens is 2. The van der Waals surface area contributed by atoms with Gasteiger partial charge in [-0.1, -0.05) is 6.07 Å². The first kappa shape index (κ1) is 14.7. The van der Waals surface area contributed by atoms with Crippen molar-refractivity contribution in [3.8, 4) is 5.75 Å². The molecule has 0 bridgehead atoms. The maximum atomic E-state index is 13.5. The van der Waals surface area contributed by atoms with E-state index in [-0.39, 0.29) is 23.5 Å². The summed E-state index contributed by atoms with van der Waals surface area (Å²) < 4.78 is 31.4. The lowest BCUT2D eigenvalue weighted by atomic mass is 10.2. The molecule has 0 amide bonds. The van der Waals surface area contributed by atoms with Crippen molar-refractivity contribution in [3.05, 3.63) is 63.7 Å². The standard InChI is InChI=1S/C14H12F2N2O3/c1-21-14-7-11(18(19)20)4-5-13(14)17-8-9-2-3-10(15)6-12(9)16/h2-7,17H,8H2,1H3. The monoisotopic (exact) mass is 294 g/mol. The van der Waals surface area contributed by atoms with Crippen LogP contribution in [0.3, 0.4) is 0 Å². The summed E-state index contributed by atoms with van der Waals surface area (Å²) in [5.74, 6) is -1.04. The van der Waals surface area contributed by atoms with Crippen molar-refractivity contribution in [3.63, 3.8) is 0 Å². The Morgan fingerprint density at radius 1 is 1.24 bits per heavy atom. The highest BCUT2D eigenvalue weighted by Gasteiger charge is 2.12. The molecule has 0 saturated heterocycles. The van der Waals surface area contributed by atoms with Gasteiger partial charge in [0.2, 0.25) is 0 Å². The Balaban J connectivity index is 2.17. The van der Waals surface area contributed by atoms with E-state index in [1.165, 1.54) is 31.4 Å². The van der Waals surface area contributed by atoms with E-state index < -0.39 is 16.6 Å². The van der Waals surface area contributed by atoms with Crippen molar-refractivity contribution in [2.75, 3.05) is 12.4 Å². The van der Waals surface area contributed by atoms with Gasteiger partial charge in [0, 0.05) is 24.2 Å². The number of benzene rings is 2. The zero-order valence-electron chi connectivity index (χ0n) is 11.1. The molecule has 0 aromatic heterocycles. The molecule has 0 atom stereocenters. The molecular formula is C14H12F2N2O3. The summed E-state index contributed by atoms with van der Waals surface area (Å²) in [5.41, 5.74) is 0.647. The molecule has 0 spiro atoms. The fourth-order valence-corrected chi connectivity index (χ4v) is 1.80. The van der Waals surface area contributed by atoms with E-state index in [4.69, 9.17) is 4.74 Å². The fraction of sp³-hybridized carbons (Fsp3) is 0.143. The molecule has 0 aliphatic carbocycles. The zero-order valence-corrected chi connectivity index (χ0v) is 11.1. The third kappa shape index (κ3) is 3.44. The Labute approximate surface area is 119 Å². The van der Waals surface area contributed by atoms with Gasteiger partial charge in [0.15, 0.2) is 0 Å².